The Morgan fingerprint density at radius 1 is 1.20 bits per heavy atom. The Labute approximate surface area is 125 Å². The lowest BCUT2D eigenvalue weighted by atomic mass is 9.77. The molecule has 1 atom stereocenters. The van der Waals surface area contributed by atoms with Gasteiger partial charge in [-0.2, -0.15) is 0 Å². The lowest BCUT2D eigenvalue weighted by Crippen LogP contribution is -2.48. The SMILES string of the molecule is CN1CCCCC1COC1(CCNC(C)(C)C)CCC1. The van der Waals surface area contributed by atoms with Crippen LogP contribution in [0.25, 0.3) is 0 Å². The van der Waals surface area contributed by atoms with Crippen LogP contribution in [0.4, 0.5) is 0 Å². The second-order valence-electron chi connectivity index (χ2n) is 7.90. The van der Waals surface area contributed by atoms with E-state index in [1.165, 1.54) is 51.5 Å². The summed E-state index contributed by atoms with van der Waals surface area (Å²) in [5, 5.41) is 3.60. The third-order valence-corrected chi connectivity index (χ3v) is 5.00. The van der Waals surface area contributed by atoms with Crippen LogP contribution in [0.3, 0.4) is 0 Å². The standard InChI is InChI=1S/C17H34N2O/c1-16(2,3)18-12-11-17(9-7-10-17)20-14-15-8-5-6-13-19(15)4/h15,18H,5-14H2,1-4H3. The molecule has 1 saturated carbocycles. The minimum Gasteiger partial charge on any atom is -0.373 e. The van der Waals surface area contributed by atoms with Gasteiger partial charge in [-0.1, -0.05) is 6.42 Å². The van der Waals surface area contributed by atoms with Crippen molar-refractivity contribution in [3.63, 3.8) is 0 Å². The quantitative estimate of drug-likeness (QED) is 0.810. The highest BCUT2D eigenvalue weighted by Crippen LogP contribution is 2.39. The zero-order chi connectivity index (χ0) is 14.6. The van der Waals surface area contributed by atoms with Crippen molar-refractivity contribution in [3.05, 3.63) is 0 Å². The fourth-order valence-corrected chi connectivity index (χ4v) is 3.33. The second kappa shape index (κ2) is 6.76. The average Bonchev–Trinajstić information content (AvgIpc) is 2.32. The van der Waals surface area contributed by atoms with Gasteiger partial charge < -0.3 is 15.0 Å². The van der Waals surface area contributed by atoms with Crippen LogP contribution in [0, 0.1) is 0 Å². The van der Waals surface area contributed by atoms with E-state index in [1.807, 2.05) is 0 Å². The fraction of sp³-hybridized carbons (Fsp3) is 1.00. The molecule has 0 aromatic heterocycles. The highest BCUT2D eigenvalue weighted by atomic mass is 16.5. The van der Waals surface area contributed by atoms with E-state index in [0.717, 1.165) is 13.2 Å². The number of hydrogen-bond acceptors (Lipinski definition) is 3. The van der Waals surface area contributed by atoms with Gasteiger partial charge in [-0.05, 0) is 79.4 Å². The summed E-state index contributed by atoms with van der Waals surface area (Å²) in [6, 6.07) is 0.650. The van der Waals surface area contributed by atoms with Crippen LogP contribution in [-0.4, -0.2) is 48.8 Å². The molecule has 1 N–H and O–H groups in total. The zero-order valence-corrected chi connectivity index (χ0v) is 14.0. The Bertz CT molecular complexity index is 294. The maximum absolute atomic E-state index is 6.41. The molecule has 2 aliphatic rings. The van der Waals surface area contributed by atoms with Crippen molar-refractivity contribution >= 4 is 0 Å². The lowest BCUT2D eigenvalue weighted by Gasteiger charge is -2.44. The Kier molecular flexibility index (Phi) is 5.49. The van der Waals surface area contributed by atoms with Crippen molar-refractivity contribution in [3.8, 4) is 0 Å². The van der Waals surface area contributed by atoms with Crippen molar-refractivity contribution < 1.29 is 4.74 Å². The van der Waals surface area contributed by atoms with Gasteiger partial charge in [0.1, 0.15) is 0 Å². The number of likely N-dealkylation sites (tertiary alicyclic amines) is 1. The molecule has 1 aliphatic heterocycles. The van der Waals surface area contributed by atoms with Gasteiger partial charge >= 0.3 is 0 Å². The number of rotatable bonds is 6. The molecule has 20 heavy (non-hydrogen) atoms. The number of likely N-dealkylation sites (N-methyl/N-ethyl adjacent to an activating group) is 1. The largest absolute Gasteiger partial charge is 0.373 e. The van der Waals surface area contributed by atoms with Crippen LogP contribution in [0.15, 0.2) is 0 Å². The molecule has 2 fully saturated rings. The van der Waals surface area contributed by atoms with Crippen LogP contribution < -0.4 is 5.32 Å². The third-order valence-electron chi connectivity index (χ3n) is 5.00. The molecule has 0 bridgehead atoms. The molecule has 3 heteroatoms. The third kappa shape index (κ3) is 4.71. The van der Waals surface area contributed by atoms with Crippen molar-refractivity contribution in [1.82, 2.24) is 10.2 Å². The van der Waals surface area contributed by atoms with Gasteiger partial charge in [0.05, 0.1) is 12.2 Å². The van der Waals surface area contributed by atoms with Crippen LogP contribution in [0.1, 0.15) is 65.7 Å². The van der Waals surface area contributed by atoms with Gasteiger partial charge in [-0.15, -0.1) is 0 Å². The zero-order valence-electron chi connectivity index (χ0n) is 14.0. The van der Waals surface area contributed by atoms with Crippen molar-refractivity contribution in [1.29, 1.82) is 0 Å². The molecular weight excluding hydrogens is 248 g/mol. The summed E-state index contributed by atoms with van der Waals surface area (Å²) >= 11 is 0. The molecule has 3 nitrogen and oxygen atoms in total. The van der Waals surface area contributed by atoms with E-state index in [4.69, 9.17) is 4.74 Å². The molecule has 1 aliphatic carbocycles. The first-order valence-electron chi connectivity index (χ1n) is 8.50. The van der Waals surface area contributed by atoms with E-state index in [0.29, 0.717) is 6.04 Å². The van der Waals surface area contributed by atoms with E-state index in [-0.39, 0.29) is 11.1 Å². The molecular formula is C17H34N2O. The maximum Gasteiger partial charge on any atom is 0.0695 e. The van der Waals surface area contributed by atoms with E-state index in [1.54, 1.807) is 0 Å². The Morgan fingerprint density at radius 3 is 2.50 bits per heavy atom. The number of nitrogens with zero attached hydrogens (tertiary/aromatic N) is 1. The van der Waals surface area contributed by atoms with Crippen LogP contribution in [-0.2, 0) is 4.74 Å². The Morgan fingerprint density at radius 2 is 1.95 bits per heavy atom. The molecule has 1 heterocycles. The molecule has 0 aromatic rings. The van der Waals surface area contributed by atoms with Crippen molar-refractivity contribution in [2.24, 2.45) is 0 Å². The van der Waals surface area contributed by atoms with Gasteiger partial charge in [-0.3, -0.25) is 0 Å². The first-order valence-corrected chi connectivity index (χ1v) is 8.50. The maximum atomic E-state index is 6.41. The van der Waals surface area contributed by atoms with Gasteiger partial charge in [-0.25, -0.2) is 0 Å². The van der Waals surface area contributed by atoms with Gasteiger partial charge in [0.25, 0.3) is 0 Å². The van der Waals surface area contributed by atoms with Crippen LogP contribution in [0.2, 0.25) is 0 Å². The van der Waals surface area contributed by atoms with E-state index >= 15 is 0 Å². The molecule has 118 valence electrons. The Balaban J connectivity index is 1.73. The summed E-state index contributed by atoms with van der Waals surface area (Å²) < 4.78 is 6.41. The first-order chi connectivity index (χ1) is 9.40. The van der Waals surface area contributed by atoms with Crippen LogP contribution in [0.5, 0.6) is 0 Å². The van der Waals surface area contributed by atoms with E-state index < -0.39 is 0 Å². The Hall–Kier alpha value is -0.120. The highest BCUT2D eigenvalue weighted by molar-refractivity contribution is 4.92. The number of ether oxygens (including phenoxy) is 1. The molecule has 1 unspecified atom stereocenters. The first kappa shape index (κ1) is 16.3. The molecule has 2 rings (SSSR count). The number of piperidine rings is 1. The molecule has 0 aromatic carbocycles. The minimum absolute atomic E-state index is 0.191. The normalized spacial score (nSPS) is 27.3. The van der Waals surface area contributed by atoms with Crippen LogP contribution >= 0.6 is 0 Å². The van der Waals surface area contributed by atoms with Crippen molar-refractivity contribution in [2.45, 2.75) is 82.9 Å². The number of nitrogens with one attached hydrogen (secondary N) is 1. The lowest BCUT2D eigenvalue weighted by molar-refractivity contribution is -0.121. The van der Waals surface area contributed by atoms with Gasteiger partial charge in [0.15, 0.2) is 0 Å². The fourth-order valence-electron chi connectivity index (χ4n) is 3.33. The summed E-state index contributed by atoms with van der Waals surface area (Å²) in [6.45, 7) is 9.96. The highest BCUT2D eigenvalue weighted by Gasteiger charge is 2.38. The summed E-state index contributed by atoms with van der Waals surface area (Å²) in [7, 11) is 2.25. The summed E-state index contributed by atoms with van der Waals surface area (Å²) in [5.41, 5.74) is 0.408. The minimum atomic E-state index is 0.191. The van der Waals surface area contributed by atoms with Gasteiger partial charge in [0, 0.05) is 11.6 Å². The smallest absolute Gasteiger partial charge is 0.0695 e. The predicted molar refractivity (Wildman–Crippen MR) is 85.2 cm³/mol. The molecule has 1 saturated heterocycles. The monoisotopic (exact) mass is 282 g/mol. The summed E-state index contributed by atoms with van der Waals surface area (Å²) in [4.78, 5) is 2.49. The topological polar surface area (TPSA) is 24.5 Å². The summed E-state index contributed by atoms with van der Waals surface area (Å²) in [6.07, 6.45) is 9.07. The predicted octanol–water partition coefficient (Wildman–Crippen LogP) is 3.19. The van der Waals surface area contributed by atoms with Crippen molar-refractivity contribution in [2.75, 3.05) is 26.7 Å². The van der Waals surface area contributed by atoms with Gasteiger partial charge in [0.2, 0.25) is 0 Å². The summed E-state index contributed by atoms with van der Waals surface area (Å²) in [5.74, 6) is 0. The molecule has 0 spiro atoms. The molecule has 0 amide bonds. The van der Waals surface area contributed by atoms with E-state index in [2.05, 4.69) is 38.0 Å². The second-order valence-corrected chi connectivity index (χ2v) is 7.90. The number of hydrogen-bond donors (Lipinski definition) is 1. The van der Waals surface area contributed by atoms with E-state index in [9.17, 15) is 0 Å². The molecule has 0 radical (unpaired) electrons. The average molecular weight is 282 g/mol.